The van der Waals surface area contributed by atoms with Gasteiger partial charge in [0.1, 0.15) is 5.82 Å². The lowest BCUT2D eigenvalue weighted by Crippen LogP contribution is -2.17. The molecule has 1 aromatic rings. The van der Waals surface area contributed by atoms with E-state index in [0.717, 1.165) is 30.4 Å². The van der Waals surface area contributed by atoms with Crippen LogP contribution in [0, 0.1) is 0 Å². The number of H-pyrrole nitrogens is 1. The molecule has 0 fully saturated rings. The number of imidazole rings is 1. The standard InChI is InChI=1S/C9H15N3S.ClH/c1-2-6-13-7-5-10-8-9-11-3-4-12-9;/h2-4,10H,1,5-8H2,(H,11,12);1H. The number of thioether (sulfide) groups is 1. The van der Waals surface area contributed by atoms with Crippen LogP contribution in [0.1, 0.15) is 5.82 Å². The summed E-state index contributed by atoms with van der Waals surface area (Å²) in [5, 5.41) is 3.30. The van der Waals surface area contributed by atoms with E-state index < -0.39 is 0 Å². The molecule has 0 amide bonds. The lowest BCUT2D eigenvalue weighted by Gasteiger charge is -2.00. The summed E-state index contributed by atoms with van der Waals surface area (Å²) in [6, 6.07) is 0. The summed E-state index contributed by atoms with van der Waals surface area (Å²) < 4.78 is 0. The van der Waals surface area contributed by atoms with E-state index in [4.69, 9.17) is 0 Å². The number of hydrogen-bond acceptors (Lipinski definition) is 3. The molecule has 5 heteroatoms. The molecule has 2 N–H and O–H groups in total. The number of nitrogens with one attached hydrogen (secondary N) is 2. The molecule has 1 rings (SSSR count). The van der Waals surface area contributed by atoms with Crippen molar-refractivity contribution in [2.45, 2.75) is 6.54 Å². The Labute approximate surface area is 95.2 Å². The zero-order chi connectivity index (χ0) is 9.36. The van der Waals surface area contributed by atoms with Crippen LogP contribution in [0.3, 0.4) is 0 Å². The third-order valence-corrected chi connectivity index (χ3v) is 2.47. The Bertz CT molecular complexity index is 226. The molecule has 0 unspecified atom stereocenters. The van der Waals surface area contributed by atoms with Gasteiger partial charge in [-0.25, -0.2) is 4.98 Å². The summed E-state index contributed by atoms with van der Waals surface area (Å²) in [5.41, 5.74) is 0. The molecule has 0 atom stereocenters. The highest BCUT2D eigenvalue weighted by molar-refractivity contribution is 7.99. The van der Waals surface area contributed by atoms with Crippen molar-refractivity contribution in [3.05, 3.63) is 30.9 Å². The first kappa shape index (κ1) is 13.5. The Hall–Kier alpha value is -0.450. The summed E-state index contributed by atoms with van der Waals surface area (Å²) in [5.74, 6) is 3.14. The predicted molar refractivity (Wildman–Crippen MR) is 65.1 cm³/mol. The van der Waals surface area contributed by atoms with Crippen LogP contribution in [0.15, 0.2) is 25.0 Å². The molecule has 1 heterocycles. The van der Waals surface area contributed by atoms with Gasteiger partial charge in [-0.15, -0.1) is 19.0 Å². The molecular formula is C9H16ClN3S. The molecule has 0 saturated heterocycles. The zero-order valence-electron chi connectivity index (χ0n) is 8.03. The second kappa shape index (κ2) is 9.12. The van der Waals surface area contributed by atoms with E-state index in [1.165, 1.54) is 0 Å². The molecule has 1 aromatic heterocycles. The Balaban J connectivity index is 0.00000169. The van der Waals surface area contributed by atoms with Crippen LogP contribution in [0.5, 0.6) is 0 Å². The molecular weight excluding hydrogens is 218 g/mol. The number of nitrogens with zero attached hydrogens (tertiary/aromatic N) is 1. The van der Waals surface area contributed by atoms with Crippen molar-refractivity contribution in [3.8, 4) is 0 Å². The van der Waals surface area contributed by atoms with Crippen LogP contribution in [-0.4, -0.2) is 28.0 Å². The van der Waals surface area contributed by atoms with E-state index in [9.17, 15) is 0 Å². The fraction of sp³-hybridized carbons (Fsp3) is 0.444. The minimum absolute atomic E-state index is 0. The Morgan fingerprint density at radius 3 is 3.14 bits per heavy atom. The van der Waals surface area contributed by atoms with Gasteiger partial charge in [0.2, 0.25) is 0 Å². The average molecular weight is 234 g/mol. The molecule has 0 aromatic carbocycles. The number of aromatic nitrogens is 2. The summed E-state index contributed by atoms with van der Waals surface area (Å²) in [6.45, 7) is 5.50. The fourth-order valence-electron chi connectivity index (χ4n) is 0.912. The second-order valence-electron chi connectivity index (χ2n) is 2.58. The molecule has 80 valence electrons. The van der Waals surface area contributed by atoms with Gasteiger partial charge in [-0.1, -0.05) is 6.08 Å². The van der Waals surface area contributed by atoms with E-state index in [1.54, 1.807) is 6.20 Å². The first-order chi connectivity index (χ1) is 6.43. The Morgan fingerprint density at radius 1 is 1.64 bits per heavy atom. The van der Waals surface area contributed by atoms with Crippen LogP contribution in [0.4, 0.5) is 0 Å². The van der Waals surface area contributed by atoms with E-state index in [2.05, 4.69) is 21.9 Å². The molecule has 3 nitrogen and oxygen atoms in total. The van der Waals surface area contributed by atoms with Gasteiger partial charge in [-0.3, -0.25) is 0 Å². The highest BCUT2D eigenvalue weighted by Gasteiger charge is 1.92. The topological polar surface area (TPSA) is 40.7 Å². The summed E-state index contributed by atoms with van der Waals surface area (Å²) in [6.07, 6.45) is 5.53. The molecule has 0 saturated carbocycles. The number of aromatic amines is 1. The lowest BCUT2D eigenvalue weighted by atomic mass is 10.6. The highest BCUT2D eigenvalue weighted by atomic mass is 35.5. The van der Waals surface area contributed by atoms with Gasteiger partial charge in [-0.05, 0) is 0 Å². The highest BCUT2D eigenvalue weighted by Crippen LogP contribution is 1.97. The Kier molecular flexibility index (Phi) is 8.83. The summed E-state index contributed by atoms with van der Waals surface area (Å²) >= 11 is 1.88. The van der Waals surface area contributed by atoms with Crippen molar-refractivity contribution in [3.63, 3.8) is 0 Å². The molecule has 0 aliphatic rings. The first-order valence-corrected chi connectivity index (χ1v) is 5.46. The van der Waals surface area contributed by atoms with E-state index >= 15 is 0 Å². The number of rotatable bonds is 7. The van der Waals surface area contributed by atoms with Gasteiger partial charge < -0.3 is 10.3 Å². The van der Waals surface area contributed by atoms with Crippen LogP contribution in [0.2, 0.25) is 0 Å². The third kappa shape index (κ3) is 6.07. The normalized spacial score (nSPS) is 9.43. The molecule has 14 heavy (non-hydrogen) atoms. The monoisotopic (exact) mass is 233 g/mol. The van der Waals surface area contributed by atoms with Gasteiger partial charge in [0.25, 0.3) is 0 Å². The predicted octanol–water partition coefficient (Wildman–Crippen LogP) is 1.84. The quantitative estimate of drug-likeness (QED) is 0.558. The van der Waals surface area contributed by atoms with Gasteiger partial charge in [0, 0.05) is 30.4 Å². The van der Waals surface area contributed by atoms with E-state index in [-0.39, 0.29) is 12.4 Å². The van der Waals surface area contributed by atoms with Crippen molar-refractivity contribution in [1.82, 2.24) is 15.3 Å². The van der Waals surface area contributed by atoms with Gasteiger partial charge in [0.15, 0.2) is 0 Å². The van der Waals surface area contributed by atoms with Gasteiger partial charge >= 0.3 is 0 Å². The number of halogens is 1. The van der Waals surface area contributed by atoms with Crippen LogP contribution >= 0.6 is 24.2 Å². The van der Waals surface area contributed by atoms with E-state index in [0.29, 0.717) is 0 Å². The van der Waals surface area contributed by atoms with Crippen molar-refractivity contribution >= 4 is 24.2 Å². The smallest absolute Gasteiger partial charge is 0.120 e. The van der Waals surface area contributed by atoms with Crippen molar-refractivity contribution in [1.29, 1.82) is 0 Å². The molecule has 0 aliphatic carbocycles. The SMILES string of the molecule is C=CCSCCNCc1ncc[nH]1.Cl. The summed E-state index contributed by atoms with van der Waals surface area (Å²) in [4.78, 5) is 7.15. The van der Waals surface area contributed by atoms with Gasteiger partial charge in [-0.2, -0.15) is 11.8 Å². The Morgan fingerprint density at radius 2 is 2.50 bits per heavy atom. The third-order valence-electron chi connectivity index (χ3n) is 1.51. The van der Waals surface area contributed by atoms with Crippen molar-refractivity contribution in [2.75, 3.05) is 18.1 Å². The van der Waals surface area contributed by atoms with Crippen molar-refractivity contribution in [2.24, 2.45) is 0 Å². The zero-order valence-corrected chi connectivity index (χ0v) is 9.66. The van der Waals surface area contributed by atoms with Crippen LogP contribution in [-0.2, 0) is 6.54 Å². The van der Waals surface area contributed by atoms with Gasteiger partial charge in [0.05, 0.1) is 6.54 Å². The lowest BCUT2D eigenvalue weighted by molar-refractivity contribution is 0.702. The molecule has 0 bridgehead atoms. The maximum absolute atomic E-state index is 4.11. The minimum Gasteiger partial charge on any atom is -0.348 e. The first-order valence-electron chi connectivity index (χ1n) is 4.31. The maximum atomic E-state index is 4.11. The average Bonchev–Trinajstić information content (AvgIpc) is 2.63. The molecule has 0 spiro atoms. The van der Waals surface area contributed by atoms with Crippen LogP contribution < -0.4 is 5.32 Å². The second-order valence-corrected chi connectivity index (χ2v) is 3.73. The molecule has 0 aliphatic heterocycles. The fourth-order valence-corrected chi connectivity index (χ4v) is 1.53. The largest absolute Gasteiger partial charge is 0.348 e. The maximum Gasteiger partial charge on any atom is 0.120 e. The van der Waals surface area contributed by atoms with Crippen molar-refractivity contribution < 1.29 is 0 Å². The van der Waals surface area contributed by atoms with Crippen LogP contribution in [0.25, 0.3) is 0 Å². The molecule has 0 radical (unpaired) electrons. The minimum atomic E-state index is 0. The van der Waals surface area contributed by atoms with E-state index in [1.807, 2.05) is 24.0 Å². The summed E-state index contributed by atoms with van der Waals surface area (Å²) in [7, 11) is 0. The number of hydrogen-bond donors (Lipinski definition) is 2.